The first-order chi connectivity index (χ1) is 18.4. The highest BCUT2D eigenvalue weighted by Gasteiger charge is 2.11. The van der Waals surface area contributed by atoms with Gasteiger partial charge in [-0.2, -0.15) is 5.10 Å². The molecule has 0 unspecified atom stereocenters. The van der Waals surface area contributed by atoms with E-state index in [9.17, 15) is 0 Å². The molecule has 4 aromatic rings. The zero-order valence-corrected chi connectivity index (χ0v) is 22.3. The van der Waals surface area contributed by atoms with Gasteiger partial charge in [0.25, 0.3) is 0 Å². The van der Waals surface area contributed by atoms with Crippen molar-refractivity contribution in [3.05, 3.63) is 86.6 Å². The lowest BCUT2D eigenvalue weighted by Crippen LogP contribution is -2.23. The van der Waals surface area contributed by atoms with Crippen molar-refractivity contribution in [1.29, 1.82) is 0 Å². The maximum atomic E-state index is 4.28. The molecule has 0 saturated heterocycles. The highest BCUT2D eigenvalue weighted by Crippen LogP contribution is 2.22. The molecule has 8 nitrogen and oxygen atoms in total. The number of benzene rings is 1. The third kappa shape index (κ3) is 10.5. The number of rotatable bonds is 0. The first kappa shape index (κ1) is 36.2. The van der Waals surface area contributed by atoms with E-state index >= 15 is 0 Å². The molecule has 8 rings (SSSR count). The number of nitrogens with one attached hydrogen (secondary N) is 5. The second-order valence-corrected chi connectivity index (χ2v) is 10.6. The Hall–Kier alpha value is -2.85. The first-order valence-electron chi connectivity index (χ1n) is 13.5. The summed E-state index contributed by atoms with van der Waals surface area (Å²) in [6.07, 6.45) is 12.3. The Kier molecular flexibility index (Phi) is 17.0. The second kappa shape index (κ2) is 19.3. The number of aromatic amines is 2. The Labute approximate surface area is 252 Å². The van der Waals surface area contributed by atoms with Crippen LogP contribution in [0.2, 0.25) is 0 Å². The van der Waals surface area contributed by atoms with Gasteiger partial charge >= 0.3 is 0 Å². The van der Waals surface area contributed by atoms with E-state index in [0.717, 1.165) is 52.1 Å². The van der Waals surface area contributed by atoms with Crippen molar-refractivity contribution in [3.63, 3.8) is 0 Å². The monoisotopic (exact) mass is 582 g/mol. The van der Waals surface area contributed by atoms with Crippen LogP contribution in [-0.2, 0) is 51.7 Å². The van der Waals surface area contributed by atoms with Crippen LogP contribution < -0.4 is 16.0 Å². The van der Waals surface area contributed by atoms with Crippen molar-refractivity contribution < 1.29 is 0 Å². The fourth-order valence-electron chi connectivity index (χ4n) is 4.98. The van der Waals surface area contributed by atoms with Gasteiger partial charge in [-0.25, -0.2) is 9.97 Å². The Balaban J connectivity index is 0.000000265. The molecule has 41 heavy (non-hydrogen) atoms. The lowest BCUT2D eigenvalue weighted by atomic mass is 10.0. The van der Waals surface area contributed by atoms with Gasteiger partial charge in [-0.15, -0.1) is 11.3 Å². The molecule has 0 radical (unpaired) electrons. The van der Waals surface area contributed by atoms with E-state index in [1.807, 2.05) is 23.0 Å². The zero-order valence-electron chi connectivity index (χ0n) is 21.5. The fraction of sp³-hybridized carbons (Fsp3) is 0.531. The summed E-state index contributed by atoms with van der Waals surface area (Å²) in [5.74, 6) is 0. The third-order valence-electron chi connectivity index (χ3n) is 7.13. The number of aromatic nitrogens is 5. The normalized spacial score (nSPS) is 15.4. The van der Waals surface area contributed by atoms with Gasteiger partial charge < -0.3 is 20.9 Å². The Morgan fingerprint density at radius 3 is 2.05 bits per heavy atom. The molecule has 0 amide bonds. The van der Waals surface area contributed by atoms with Gasteiger partial charge in [-0.1, -0.05) is 54.0 Å². The molecule has 6 heterocycles. The number of fused-ring (bicyclic) bond motifs is 4. The summed E-state index contributed by atoms with van der Waals surface area (Å²) in [5.41, 5.74) is 11.4. The number of nitrogens with zero attached hydrogens (tertiary/aromatic N) is 3. The number of hydrogen-bond donors (Lipinski definition) is 5. The summed E-state index contributed by atoms with van der Waals surface area (Å²) in [4.78, 5) is 13.0. The molecule has 0 bridgehead atoms. The molecule has 1 aromatic carbocycles. The van der Waals surface area contributed by atoms with Gasteiger partial charge in [0.05, 0.1) is 40.8 Å². The molecule has 9 heteroatoms. The fourth-order valence-corrected chi connectivity index (χ4v) is 5.84. The van der Waals surface area contributed by atoms with Gasteiger partial charge in [0.2, 0.25) is 0 Å². The van der Waals surface area contributed by atoms with Crippen LogP contribution in [0.3, 0.4) is 0 Å². The standard InChI is InChI=1S/C9H11N.C7H9NS.2C6H9N3.4CH4/c1-2-4-9-7-10-6-5-8(9)3-1;1-2-4-7-6(3-1)8-5-9-7;1-2-7-3-6-5(1)8-4-9-6;1-2-7-4-6-5(1)3-8-9-6;;;;/h1-4,10H,5-7H2;5H,1-4H2;4,7H,1-3H2,(H,8,9);3,7H,1-2,4H2,(H,8,9);4*1H4. The van der Waals surface area contributed by atoms with E-state index in [1.165, 1.54) is 76.4 Å². The predicted octanol–water partition coefficient (Wildman–Crippen LogP) is 6.01. The maximum absolute atomic E-state index is 4.28. The van der Waals surface area contributed by atoms with Crippen LogP contribution >= 0.6 is 11.3 Å². The van der Waals surface area contributed by atoms with Gasteiger partial charge in [0, 0.05) is 37.5 Å². The van der Waals surface area contributed by atoms with Crippen molar-refractivity contribution in [2.75, 3.05) is 19.6 Å². The molecule has 0 fully saturated rings. The summed E-state index contributed by atoms with van der Waals surface area (Å²) in [6, 6.07) is 8.63. The first-order valence-corrected chi connectivity index (χ1v) is 14.4. The minimum atomic E-state index is 0. The number of aryl methyl sites for hydroxylation is 2. The molecule has 5 N–H and O–H groups in total. The quantitative estimate of drug-likeness (QED) is 0.174. The molecule has 1 aliphatic carbocycles. The lowest BCUT2D eigenvalue weighted by Gasteiger charge is -2.15. The molecule has 4 aliphatic rings. The molecule has 0 atom stereocenters. The van der Waals surface area contributed by atoms with Crippen molar-refractivity contribution in [2.24, 2.45) is 0 Å². The van der Waals surface area contributed by atoms with E-state index in [0.29, 0.717) is 0 Å². The Morgan fingerprint density at radius 2 is 1.32 bits per heavy atom. The third-order valence-corrected chi connectivity index (χ3v) is 8.06. The van der Waals surface area contributed by atoms with Crippen LogP contribution in [-0.4, -0.2) is 44.8 Å². The average Bonchev–Trinajstić information content (AvgIpc) is 3.75. The lowest BCUT2D eigenvalue weighted by molar-refractivity contribution is 0.627. The van der Waals surface area contributed by atoms with Gasteiger partial charge in [0.15, 0.2) is 0 Å². The molecule has 3 aromatic heterocycles. The van der Waals surface area contributed by atoms with Crippen molar-refractivity contribution >= 4 is 11.3 Å². The minimum Gasteiger partial charge on any atom is -0.347 e. The number of hydrogen-bond acceptors (Lipinski definition) is 7. The van der Waals surface area contributed by atoms with Crippen molar-refractivity contribution in [2.45, 2.75) is 94.3 Å². The summed E-state index contributed by atoms with van der Waals surface area (Å²) in [7, 11) is 0. The largest absolute Gasteiger partial charge is 0.347 e. The smallest absolute Gasteiger partial charge is 0.0925 e. The number of thiazole rings is 1. The summed E-state index contributed by atoms with van der Waals surface area (Å²) < 4.78 is 0. The number of imidazole rings is 1. The van der Waals surface area contributed by atoms with Crippen LogP contribution in [0.5, 0.6) is 0 Å². The van der Waals surface area contributed by atoms with Crippen molar-refractivity contribution in [1.82, 2.24) is 41.1 Å². The summed E-state index contributed by atoms with van der Waals surface area (Å²) >= 11 is 1.81. The molecule has 0 saturated carbocycles. The highest BCUT2D eigenvalue weighted by molar-refractivity contribution is 7.09. The van der Waals surface area contributed by atoms with Crippen LogP contribution in [0.1, 0.15) is 86.9 Å². The second-order valence-electron chi connectivity index (χ2n) is 9.68. The average molecular weight is 583 g/mol. The Bertz CT molecular complexity index is 1030. The molecule has 3 aliphatic heterocycles. The SMILES string of the molecule is C.C.C.C.c1ccc2c(c1)CCNC2.c1n[nH]c2c1CCNC2.c1nc2c([nH]1)CNCC2.c1nc2c(s1)CCCC2. The molecule has 228 valence electrons. The minimum absolute atomic E-state index is 0. The van der Waals surface area contributed by atoms with Crippen molar-refractivity contribution in [3.8, 4) is 0 Å². The Morgan fingerprint density at radius 1 is 0.634 bits per heavy atom. The van der Waals surface area contributed by atoms with Crippen LogP contribution in [0.25, 0.3) is 0 Å². The molecular weight excluding hydrogens is 528 g/mol. The zero-order chi connectivity index (χ0) is 25.1. The summed E-state index contributed by atoms with van der Waals surface area (Å²) in [5, 5.41) is 16.7. The van der Waals surface area contributed by atoms with Gasteiger partial charge in [-0.3, -0.25) is 5.10 Å². The predicted molar refractivity (Wildman–Crippen MR) is 176 cm³/mol. The topological polar surface area (TPSA) is 106 Å². The van der Waals surface area contributed by atoms with Gasteiger partial charge in [0.1, 0.15) is 0 Å². The van der Waals surface area contributed by atoms with E-state index in [-0.39, 0.29) is 29.7 Å². The molecule has 0 spiro atoms. The molecular formula is C32H54N8S. The van der Waals surface area contributed by atoms with Gasteiger partial charge in [-0.05, 0) is 68.3 Å². The van der Waals surface area contributed by atoms with Crippen LogP contribution in [0.4, 0.5) is 0 Å². The van der Waals surface area contributed by atoms with E-state index in [4.69, 9.17) is 0 Å². The van der Waals surface area contributed by atoms with Crippen LogP contribution in [0, 0.1) is 0 Å². The number of H-pyrrole nitrogens is 2. The highest BCUT2D eigenvalue weighted by atomic mass is 32.1. The summed E-state index contributed by atoms with van der Waals surface area (Å²) in [6.45, 7) is 6.25. The van der Waals surface area contributed by atoms with Crippen LogP contribution in [0.15, 0.2) is 42.3 Å². The van der Waals surface area contributed by atoms with E-state index in [2.05, 4.69) is 65.4 Å². The maximum Gasteiger partial charge on any atom is 0.0925 e. The van der Waals surface area contributed by atoms with E-state index < -0.39 is 0 Å². The van der Waals surface area contributed by atoms with E-state index in [1.54, 1.807) is 6.33 Å².